The van der Waals surface area contributed by atoms with E-state index in [1.54, 1.807) is 20.8 Å². The van der Waals surface area contributed by atoms with Gasteiger partial charge in [-0.3, -0.25) is 10.1 Å². The molecule has 0 spiro atoms. The van der Waals surface area contributed by atoms with Crippen molar-refractivity contribution in [2.45, 2.75) is 26.4 Å². The Labute approximate surface area is 175 Å². The van der Waals surface area contributed by atoms with Crippen LogP contribution in [0.4, 0.5) is 30.6 Å². The molecular weight excluding hydrogens is 418 g/mol. The first kappa shape index (κ1) is 21.5. The van der Waals surface area contributed by atoms with E-state index in [4.69, 9.17) is 16.3 Å². The van der Waals surface area contributed by atoms with Gasteiger partial charge in [-0.15, -0.1) is 0 Å². The number of anilines is 3. The van der Waals surface area contributed by atoms with Crippen molar-refractivity contribution in [3.8, 4) is 0 Å². The summed E-state index contributed by atoms with van der Waals surface area (Å²) in [6.45, 7) is 5.06. The van der Waals surface area contributed by atoms with E-state index in [-0.39, 0.29) is 33.0 Å². The Hall–Kier alpha value is -3.20. The Balaban J connectivity index is 1.99. The van der Waals surface area contributed by atoms with Crippen LogP contribution < -0.4 is 16.2 Å². The quantitative estimate of drug-likeness (QED) is 0.606. The number of amides is 1. The van der Waals surface area contributed by atoms with Crippen LogP contribution in [-0.2, 0) is 11.8 Å². The summed E-state index contributed by atoms with van der Waals surface area (Å²) < 4.78 is 35.7. The van der Waals surface area contributed by atoms with Crippen LogP contribution in [0.2, 0.25) is 5.02 Å². The van der Waals surface area contributed by atoms with Gasteiger partial charge in [-0.25, -0.2) is 18.6 Å². The fourth-order valence-electron chi connectivity index (χ4n) is 2.66. The van der Waals surface area contributed by atoms with Crippen LogP contribution in [0.1, 0.15) is 20.8 Å². The largest absolute Gasteiger partial charge is 0.444 e. The van der Waals surface area contributed by atoms with E-state index in [1.807, 2.05) is 0 Å². The van der Waals surface area contributed by atoms with Crippen LogP contribution >= 0.6 is 11.6 Å². The van der Waals surface area contributed by atoms with E-state index in [0.717, 1.165) is 10.6 Å². The first-order valence-corrected chi connectivity index (χ1v) is 9.24. The topological polar surface area (TPSA) is 85.2 Å². The van der Waals surface area contributed by atoms with E-state index in [1.165, 1.54) is 31.6 Å². The highest BCUT2D eigenvalue weighted by atomic mass is 35.5. The summed E-state index contributed by atoms with van der Waals surface area (Å²) in [4.78, 5) is 28.3. The molecule has 1 aromatic heterocycles. The number of hydrogen-bond donors (Lipinski definition) is 2. The standard InChI is InChI=1S/C20H19ClF2N4O3/c1-20(2,3)30-19(29)26-12-6-5-10(22)17(15(12)21)25-13-8-7-11-14(16(13)23)18(28)27(4)9-24-11/h5-9,25H,1-4H3,(H,26,29). The average molecular weight is 437 g/mol. The molecule has 0 saturated heterocycles. The molecule has 0 aliphatic heterocycles. The molecule has 0 atom stereocenters. The van der Waals surface area contributed by atoms with Crippen molar-refractivity contribution in [1.29, 1.82) is 0 Å². The van der Waals surface area contributed by atoms with Crippen molar-refractivity contribution < 1.29 is 18.3 Å². The van der Waals surface area contributed by atoms with Crippen LogP contribution in [0.15, 0.2) is 35.4 Å². The third kappa shape index (κ3) is 4.35. The predicted molar refractivity (Wildman–Crippen MR) is 111 cm³/mol. The van der Waals surface area contributed by atoms with Crippen molar-refractivity contribution in [3.63, 3.8) is 0 Å². The van der Waals surface area contributed by atoms with Gasteiger partial charge in [0.15, 0.2) is 5.82 Å². The summed E-state index contributed by atoms with van der Waals surface area (Å²) in [5.74, 6) is -1.68. The molecule has 0 saturated carbocycles. The fourth-order valence-corrected chi connectivity index (χ4v) is 2.91. The van der Waals surface area contributed by atoms with Gasteiger partial charge in [-0.1, -0.05) is 11.6 Å². The van der Waals surface area contributed by atoms with Crippen LogP contribution in [0, 0.1) is 11.6 Å². The summed E-state index contributed by atoms with van der Waals surface area (Å²) in [6, 6.07) is 5.05. The van der Waals surface area contributed by atoms with Crippen molar-refractivity contribution in [3.05, 3.63) is 57.6 Å². The minimum Gasteiger partial charge on any atom is -0.444 e. The normalized spacial score (nSPS) is 11.4. The Bertz CT molecular complexity index is 1210. The maximum Gasteiger partial charge on any atom is 0.412 e. The van der Waals surface area contributed by atoms with Gasteiger partial charge >= 0.3 is 6.09 Å². The molecule has 0 bridgehead atoms. The lowest BCUT2D eigenvalue weighted by Crippen LogP contribution is -2.27. The Kier molecular flexibility index (Phi) is 5.67. The van der Waals surface area contributed by atoms with Crippen LogP contribution in [0.5, 0.6) is 0 Å². The second-order valence-electron chi connectivity index (χ2n) is 7.52. The zero-order valence-corrected chi connectivity index (χ0v) is 17.4. The van der Waals surface area contributed by atoms with Crippen LogP contribution in [0.25, 0.3) is 10.9 Å². The highest BCUT2D eigenvalue weighted by molar-refractivity contribution is 6.36. The molecule has 158 valence electrons. The monoisotopic (exact) mass is 436 g/mol. The lowest BCUT2D eigenvalue weighted by molar-refractivity contribution is 0.0636. The number of halogens is 3. The maximum absolute atomic E-state index is 15.0. The van der Waals surface area contributed by atoms with E-state index in [0.29, 0.717) is 0 Å². The zero-order valence-electron chi connectivity index (χ0n) is 16.6. The van der Waals surface area contributed by atoms with Gasteiger partial charge in [0.25, 0.3) is 5.56 Å². The number of benzene rings is 2. The number of fused-ring (bicyclic) bond motifs is 1. The fraction of sp³-hybridized carbons (Fsp3) is 0.250. The van der Waals surface area contributed by atoms with Gasteiger partial charge in [0.1, 0.15) is 16.8 Å². The van der Waals surface area contributed by atoms with Crippen molar-refractivity contribution in [2.75, 3.05) is 10.6 Å². The minimum absolute atomic E-state index is 0.0635. The molecule has 2 aromatic carbocycles. The van der Waals surface area contributed by atoms with E-state index in [2.05, 4.69) is 15.6 Å². The number of carbonyl (C=O) groups excluding carboxylic acids is 1. The molecule has 7 nitrogen and oxygen atoms in total. The van der Waals surface area contributed by atoms with Gasteiger partial charge in [0.2, 0.25) is 0 Å². The van der Waals surface area contributed by atoms with Gasteiger partial charge in [-0.05, 0) is 45.0 Å². The predicted octanol–water partition coefficient (Wildman–Crippen LogP) is 4.96. The number of rotatable bonds is 3. The van der Waals surface area contributed by atoms with Crippen molar-refractivity contribution in [1.82, 2.24) is 9.55 Å². The van der Waals surface area contributed by atoms with E-state index in [9.17, 15) is 18.4 Å². The Morgan fingerprint density at radius 2 is 1.83 bits per heavy atom. The number of aromatic nitrogens is 2. The number of aryl methyl sites for hydroxylation is 1. The molecule has 0 aliphatic rings. The second kappa shape index (κ2) is 7.91. The number of ether oxygens (including phenoxy) is 1. The molecule has 30 heavy (non-hydrogen) atoms. The van der Waals surface area contributed by atoms with Gasteiger partial charge in [0, 0.05) is 7.05 Å². The van der Waals surface area contributed by atoms with Crippen molar-refractivity contribution in [2.24, 2.45) is 7.05 Å². The lowest BCUT2D eigenvalue weighted by atomic mass is 10.2. The first-order valence-electron chi connectivity index (χ1n) is 8.87. The van der Waals surface area contributed by atoms with Crippen LogP contribution in [0.3, 0.4) is 0 Å². The summed E-state index contributed by atoms with van der Waals surface area (Å²) >= 11 is 6.23. The number of carbonyl (C=O) groups is 1. The van der Waals surface area contributed by atoms with Crippen molar-refractivity contribution >= 4 is 45.7 Å². The smallest absolute Gasteiger partial charge is 0.412 e. The number of nitrogens with zero attached hydrogens (tertiary/aromatic N) is 2. The van der Waals surface area contributed by atoms with Gasteiger partial charge in [-0.2, -0.15) is 0 Å². The molecule has 2 N–H and O–H groups in total. The minimum atomic E-state index is -0.901. The maximum atomic E-state index is 15.0. The summed E-state index contributed by atoms with van der Waals surface area (Å²) in [5.41, 5.74) is -1.56. The molecule has 0 fully saturated rings. The first-order chi connectivity index (χ1) is 14.0. The molecule has 0 unspecified atom stereocenters. The molecule has 3 aromatic rings. The third-order valence-electron chi connectivity index (χ3n) is 4.01. The Morgan fingerprint density at radius 3 is 2.50 bits per heavy atom. The van der Waals surface area contributed by atoms with Gasteiger partial charge in [0.05, 0.1) is 33.9 Å². The molecule has 1 amide bonds. The molecule has 3 rings (SSSR count). The molecule has 1 heterocycles. The number of hydrogen-bond acceptors (Lipinski definition) is 5. The third-order valence-corrected chi connectivity index (χ3v) is 4.40. The summed E-state index contributed by atoms with van der Waals surface area (Å²) in [5, 5.41) is 4.54. The van der Waals surface area contributed by atoms with Crippen LogP contribution in [-0.4, -0.2) is 21.2 Å². The summed E-state index contributed by atoms with van der Waals surface area (Å²) in [7, 11) is 1.44. The van der Waals surface area contributed by atoms with E-state index < -0.39 is 28.9 Å². The average Bonchev–Trinajstić information content (AvgIpc) is 2.64. The highest BCUT2D eigenvalue weighted by Crippen LogP contribution is 2.36. The second-order valence-corrected chi connectivity index (χ2v) is 7.90. The SMILES string of the molecule is Cn1cnc2ccc(Nc3c(F)ccc(NC(=O)OC(C)(C)C)c3Cl)c(F)c2c1=O. The zero-order chi connectivity index (χ0) is 22.2. The Morgan fingerprint density at radius 1 is 1.17 bits per heavy atom. The van der Waals surface area contributed by atoms with E-state index >= 15 is 0 Å². The lowest BCUT2D eigenvalue weighted by Gasteiger charge is -2.20. The molecular formula is C20H19ClF2N4O3. The highest BCUT2D eigenvalue weighted by Gasteiger charge is 2.20. The molecule has 0 radical (unpaired) electrons. The van der Waals surface area contributed by atoms with Gasteiger partial charge < -0.3 is 14.6 Å². The number of nitrogens with one attached hydrogen (secondary N) is 2. The molecule has 10 heteroatoms. The summed E-state index contributed by atoms with van der Waals surface area (Å²) in [6.07, 6.45) is 0.493. The molecule has 0 aliphatic carbocycles.